The van der Waals surface area contributed by atoms with Gasteiger partial charge in [-0.2, -0.15) is 4.31 Å². The number of aliphatic carboxylic acids is 1. The average Bonchev–Trinajstić information content (AvgIpc) is 2.33. The molecule has 0 aromatic heterocycles. The molecule has 2 N–H and O–H groups in total. The number of carbonyl (C=O) groups is 2. The number of amides is 1. The summed E-state index contributed by atoms with van der Waals surface area (Å²) in [7, 11) is -3.47. The molecule has 116 valence electrons. The molecular weight excluding hydrogens is 284 g/mol. The fourth-order valence-corrected chi connectivity index (χ4v) is 3.45. The third-order valence-electron chi connectivity index (χ3n) is 3.41. The quantitative estimate of drug-likeness (QED) is 0.745. The van der Waals surface area contributed by atoms with Gasteiger partial charge in [0.05, 0.1) is 6.26 Å². The van der Waals surface area contributed by atoms with E-state index in [-0.39, 0.29) is 5.92 Å². The Hall–Kier alpha value is -1.15. The summed E-state index contributed by atoms with van der Waals surface area (Å²) >= 11 is 0. The Bertz CT molecular complexity index is 474. The second-order valence-electron chi connectivity index (χ2n) is 5.45. The van der Waals surface area contributed by atoms with Crippen LogP contribution in [0.1, 0.15) is 33.1 Å². The van der Waals surface area contributed by atoms with E-state index in [1.807, 2.05) is 0 Å². The van der Waals surface area contributed by atoms with E-state index < -0.39 is 34.0 Å². The van der Waals surface area contributed by atoms with Crippen molar-refractivity contribution in [1.82, 2.24) is 9.62 Å². The van der Waals surface area contributed by atoms with E-state index in [0.29, 0.717) is 19.4 Å². The van der Waals surface area contributed by atoms with Crippen LogP contribution in [0.5, 0.6) is 0 Å². The van der Waals surface area contributed by atoms with E-state index in [1.165, 1.54) is 0 Å². The van der Waals surface area contributed by atoms with E-state index >= 15 is 0 Å². The number of carbonyl (C=O) groups excluding carboxylic acids is 1. The van der Waals surface area contributed by atoms with Crippen molar-refractivity contribution in [2.45, 2.75) is 45.2 Å². The van der Waals surface area contributed by atoms with Crippen molar-refractivity contribution in [1.29, 1.82) is 0 Å². The first-order valence-corrected chi connectivity index (χ1v) is 8.49. The van der Waals surface area contributed by atoms with Gasteiger partial charge < -0.3 is 10.4 Å². The summed E-state index contributed by atoms with van der Waals surface area (Å²) in [5.74, 6) is -1.92. The lowest BCUT2D eigenvalue weighted by Crippen LogP contribution is -2.55. The van der Waals surface area contributed by atoms with Gasteiger partial charge in [0.25, 0.3) is 0 Å². The van der Waals surface area contributed by atoms with Crippen LogP contribution in [0, 0.1) is 5.92 Å². The predicted octanol–water partition coefficient (Wildman–Crippen LogP) is 0.0259. The molecule has 8 heteroatoms. The summed E-state index contributed by atoms with van der Waals surface area (Å²) < 4.78 is 24.5. The molecule has 20 heavy (non-hydrogen) atoms. The zero-order valence-corrected chi connectivity index (χ0v) is 12.8. The fourth-order valence-electron chi connectivity index (χ4n) is 2.33. The van der Waals surface area contributed by atoms with Crippen molar-refractivity contribution >= 4 is 21.9 Å². The Balaban J connectivity index is 2.86. The highest BCUT2D eigenvalue weighted by molar-refractivity contribution is 7.88. The highest BCUT2D eigenvalue weighted by Crippen LogP contribution is 2.20. The lowest BCUT2D eigenvalue weighted by atomic mass is 10.0. The topological polar surface area (TPSA) is 104 Å². The normalized spacial score (nSPS) is 22.5. The molecule has 1 aliphatic heterocycles. The maximum Gasteiger partial charge on any atom is 0.326 e. The molecule has 1 saturated heterocycles. The molecule has 0 aromatic carbocycles. The minimum absolute atomic E-state index is 0.272. The van der Waals surface area contributed by atoms with Crippen molar-refractivity contribution < 1.29 is 23.1 Å². The SMILES string of the molecule is CC(C)[C@@H](NC(=O)C1CCCCN1S(C)(=O)=O)C(=O)O. The maximum atomic E-state index is 12.2. The molecule has 0 bridgehead atoms. The van der Waals surface area contributed by atoms with Crippen LogP contribution in [0.25, 0.3) is 0 Å². The molecule has 0 spiro atoms. The lowest BCUT2D eigenvalue weighted by molar-refractivity contribution is -0.143. The Morgan fingerprint density at radius 2 is 1.90 bits per heavy atom. The predicted molar refractivity (Wildman–Crippen MR) is 73.6 cm³/mol. The molecule has 1 aliphatic rings. The van der Waals surface area contributed by atoms with Gasteiger partial charge >= 0.3 is 5.97 Å². The van der Waals surface area contributed by atoms with Gasteiger partial charge in [0.15, 0.2) is 0 Å². The molecule has 0 aliphatic carbocycles. The van der Waals surface area contributed by atoms with E-state index in [4.69, 9.17) is 5.11 Å². The van der Waals surface area contributed by atoms with Crippen LogP contribution in [0.3, 0.4) is 0 Å². The number of rotatable bonds is 5. The van der Waals surface area contributed by atoms with Crippen molar-refractivity contribution in [3.63, 3.8) is 0 Å². The van der Waals surface area contributed by atoms with Gasteiger partial charge in [-0.25, -0.2) is 13.2 Å². The maximum absolute atomic E-state index is 12.2. The van der Waals surface area contributed by atoms with Gasteiger partial charge in [0.1, 0.15) is 12.1 Å². The summed E-state index contributed by atoms with van der Waals surface area (Å²) in [5, 5.41) is 11.5. The first-order chi connectivity index (χ1) is 9.14. The highest BCUT2D eigenvalue weighted by atomic mass is 32.2. The molecular formula is C12H22N2O5S. The van der Waals surface area contributed by atoms with Crippen LogP contribution in [0.4, 0.5) is 0 Å². The Labute approximate surface area is 119 Å². The number of nitrogens with one attached hydrogen (secondary N) is 1. The Morgan fingerprint density at radius 1 is 1.30 bits per heavy atom. The standard InChI is InChI=1S/C12H22N2O5S/c1-8(2)10(12(16)17)13-11(15)9-6-4-5-7-14(9)20(3,18)19/h8-10H,4-7H2,1-3H3,(H,13,15)(H,16,17)/t9?,10-/m1/s1. The molecule has 1 rings (SSSR count). The molecule has 1 amide bonds. The third-order valence-corrected chi connectivity index (χ3v) is 4.70. The number of nitrogens with zero attached hydrogens (tertiary/aromatic N) is 1. The zero-order valence-electron chi connectivity index (χ0n) is 12.0. The minimum atomic E-state index is -3.47. The fraction of sp³-hybridized carbons (Fsp3) is 0.833. The molecule has 0 saturated carbocycles. The number of carboxylic acid groups (broad SMARTS) is 1. The van der Waals surface area contributed by atoms with E-state index in [2.05, 4.69) is 5.32 Å². The first-order valence-electron chi connectivity index (χ1n) is 6.64. The summed E-state index contributed by atoms with van der Waals surface area (Å²) in [5.41, 5.74) is 0. The number of carboxylic acids is 1. The van der Waals surface area contributed by atoms with Crippen LogP contribution in [0.15, 0.2) is 0 Å². The van der Waals surface area contributed by atoms with Gasteiger partial charge in [0, 0.05) is 6.54 Å². The second kappa shape index (κ2) is 6.53. The van der Waals surface area contributed by atoms with Crippen molar-refractivity contribution in [3.05, 3.63) is 0 Å². The zero-order chi connectivity index (χ0) is 15.5. The van der Waals surface area contributed by atoms with Crippen molar-refractivity contribution in [3.8, 4) is 0 Å². The number of hydrogen-bond donors (Lipinski definition) is 2. The summed E-state index contributed by atoms with van der Waals surface area (Å²) in [6.45, 7) is 3.68. The molecule has 2 atom stereocenters. The van der Waals surface area contributed by atoms with Gasteiger partial charge in [-0.1, -0.05) is 20.3 Å². The molecule has 7 nitrogen and oxygen atoms in total. The van der Waals surface area contributed by atoms with Crippen LogP contribution >= 0.6 is 0 Å². The summed E-state index contributed by atoms with van der Waals surface area (Å²) in [6, 6.07) is -1.81. The first kappa shape index (κ1) is 16.9. The number of hydrogen-bond acceptors (Lipinski definition) is 4. The number of piperidine rings is 1. The Morgan fingerprint density at radius 3 is 2.35 bits per heavy atom. The van der Waals surface area contributed by atoms with Crippen LogP contribution in [0.2, 0.25) is 0 Å². The minimum Gasteiger partial charge on any atom is -0.480 e. The number of sulfonamides is 1. The van der Waals surface area contributed by atoms with Gasteiger partial charge in [-0.3, -0.25) is 4.79 Å². The summed E-state index contributed by atoms with van der Waals surface area (Å²) in [4.78, 5) is 23.3. The average molecular weight is 306 g/mol. The third kappa shape index (κ3) is 4.17. The van der Waals surface area contributed by atoms with E-state index in [1.54, 1.807) is 13.8 Å². The Kier molecular flexibility index (Phi) is 5.52. The lowest BCUT2D eigenvalue weighted by Gasteiger charge is -2.33. The van der Waals surface area contributed by atoms with Crippen LogP contribution in [-0.4, -0.2) is 54.6 Å². The molecule has 1 fully saturated rings. The molecule has 0 aromatic rings. The van der Waals surface area contributed by atoms with Gasteiger partial charge in [0.2, 0.25) is 15.9 Å². The molecule has 0 radical (unpaired) electrons. The molecule has 1 heterocycles. The summed E-state index contributed by atoms with van der Waals surface area (Å²) in [6.07, 6.45) is 2.95. The van der Waals surface area contributed by atoms with Crippen molar-refractivity contribution in [2.75, 3.05) is 12.8 Å². The van der Waals surface area contributed by atoms with E-state index in [9.17, 15) is 18.0 Å². The van der Waals surface area contributed by atoms with Gasteiger partial charge in [-0.15, -0.1) is 0 Å². The monoisotopic (exact) mass is 306 g/mol. The highest BCUT2D eigenvalue weighted by Gasteiger charge is 2.36. The van der Waals surface area contributed by atoms with Crippen molar-refractivity contribution in [2.24, 2.45) is 5.92 Å². The van der Waals surface area contributed by atoms with Crippen LogP contribution < -0.4 is 5.32 Å². The second-order valence-corrected chi connectivity index (χ2v) is 7.39. The van der Waals surface area contributed by atoms with Crippen LogP contribution in [-0.2, 0) is 19.6 Å². The smallest absolute Gasteiger partial charge is 0.326 e. The van der Waals surface area contributed by atoms with Gasteiger partial charge in [-0.05, 0) is 18.8 Å². The largest absolute Gasteiger partial charge is 0.480 e. The molecule has 1 unspecified atom stereocenters. The van der Waals surface area contributed by atoms with E-state index in [0.717, 1.165) is 17.0 Å².